The van der Waals surface area contributed by atoms with Crippen molar-refractivity contribution in [2.75, 3.05) is 26.9 Å². The van der Waals surface area contributed by atoms with Gasteiger partial charge in [-0.3, -0.25) is 0 Å². The van der Waals surface area contributed by atoms with Crippen LogP contribution in [0.4, 0.5) is 0 Å². The van der Waals surface area contributed by atoms with E-state index in [1.807, 2.05) is 24.3 Å². The van der Waals surface area contributed by atoms with Gasteiger partial charge in [-0.15, -0.1) is 0 Å². The smallest absolute Gasteiger partial charge is 0.119 e. The molecule has 1 fully saturated rings. The Morgan fingerprint density at radius 1 is 1.53 bits per heavy atom. The van der Waals surface area contributed by atoms with E-state index in [0.29, 0.717) is 13.2 Å². The quantitative estimate of drug-likeness (QED) is 0.843. The van der Waals surface area contributed by atoms with E-state index in [1.165, 1.54) is 0 Å². The summed E-state index contributed by atoms with van der Waals surface area (Å²) in [5.74, 6) is 0.826. The summed E-state index contributed by atoms with van der Waals surface area (Å²) in [6.45, 7) is 1.91. The number of ether oxygens (including phenoxy) is 3. The highest BCUT2D eigenvalue weighted by Gasteiger charge is 2.21. The van der Waals surface area contributed by atoms with Crippen LogP contribution in [0.25, 0.3) is 0 Å². The average Bonchev–Trinajstić information content (AvgIpc) is 2.89. The van der Waals surface area contributed by atoms with Gasteiger partial charge in [-0.2, -0.15) is 0 Å². The largest absolute Gasteiger partial charge is 0.497 e. The molecule has 0 aromatic heterocycles. The fourth-order valence-corrected chi connectivity index (χ4v) is 1.96. The lowest BCUT2D eigenvalue weighted by Crippen LogP contribution is -2.22. The lowest BCUT2D eigenvalue weighted by Gasteiger charge is -2.20. The molecule has 17 heavy (non-hydrogen) atoms. The third-order valence-electron chi connectivity index (χ3n) is 2.92. The van der Waals surface area contributed by atoms with Gasteiger partial charge in [0, 0.05) is 13.2 Å². The highest BCUT2D eigenvalue weighted by Crippen LogP contribution is 2.24. The molecule has 0 radical (unpaired) electrons. The van der Waals surface area contributed by atoms with Crippen molar-refractivity contribution < 1.29 is 14.2 Å². The Labute approximate surface area is 102 Å². The Bertz CT molecular complexity index is 350. The summed E-state index contributed by atoms with van der Waals surface area (Å²) in [5, 5.41) is 0. The van der Waals surface area contributed by atoms with Gasteiger partial charge >= 0.3 is 0 Å². The van der Waals surface area contributed by atoms with Crippen LogP contribution in [0, 0.1) is 0 Å². The Morgan fingerprint density at radius 2 is 2.41 bits per heavy atom. The molecule has 2 N–H and O–H groups in total. The second kappa shape index (κ2) is 6.00. The predicted molar refractivity (Wildman–Crippen MR) is 65.1 cm³/mol. The van der Waals surface area contributed by atoms with Crippen molar-refractivity contribution >= 4 is 0 Å². The van der Waals surface area contributed by atoms with Crippen LogP contribution in [-0.2, 0) is 9.47 Å². The van der Waals surface area contributed by atoms with E-state index in [-0.39, 0.29) is 12.2 Å². The van der Waals surface area contributed by atoms with Gasteiger partial charge in [0.1, 0.15) is 5.75 Å². The molecule has 1 saturated heterocycles. The normalized spacial score (nSPS) is 21.4. The number of nitrogens with two attached hydrogens (primary N) is 1. The molecule has 0 amide bonds. The van der Waals surface area contributed by atoms with Crippen molar-refractivity contribution in [3.05, 3.63) is 29.8 Å². The standard InChI is InChI=1S/C13H19NO3/c1-15-11-4-2-3-10(7-11)13(8-14)17-12-5-6-16-9-12/h2-4,7,12-13H,5-6,8-9,14H2,1H3. The number of hydrogen-bond donors (Lipinski definition) is 1. The minimum atomic E-state index is -0.0863. The molecule has 94 valence electrons. The van der Waals surface area contributed by atoms with E-state index >= 15 is 0 Å². The molecule has 0 bridgehead atoms. The Hall–Kier alpha value is -1.10. The highest BCUT2D eigenvalue weighted by molar-refractivity contribution is 5.30. The van der Waals surface area contributed by atoms with Crippen LogP contribution in [0.2, 0.25) is 0 Å². The summed E-state index contributed by atoms with van der Waals surface area (Å²) in [7, 11) is 1.65. The second-order valence-electron chi connectivity index (χ2n) is 4.12. The van der Waals surface area contributed by atoms with Crippen LogP contribution in [0.3, 0.4) is 0 Å². The van der Waals surface area contributed by atoms with Gasteiger partial charge < -0.3 is 19.9 Å². The molecule has 0 aliphatic carbocycles. The van der Waals surface area contributed by atoms with Crippen LogP contribution < -0.4 is 10.5 Å². The molecule has 4 heteroatoms. The zero-order valence-corrected chi connectivity index (χ0v) is 10.1. The number of benzene rings is 1. The minimum absolute atomic E-state index is 0.0863. The van der Waals surface area contributed by atoms with Crippen LogP contribution in [0.1, 0.15) is 18.1 Å². The molecule has 1 aliphatic rings. The lowest BCUT2D eigenvalue weighted by atomic mass is 10.1. The zero-order chi connectivity index (χ0) is 12.1. The number of hydrogen-bond acceptors (Lipinski definition) is 4. The molecule has 1 aromatic rings. The number of rotatable bonds is 5. The van der Waals surface area contributed by atoms with Crippen LogP contribution >= 0.6 is 0 Å². The Balaban J connectivity index is 2.04. The summed E-state index contributed by atoms with van der Waals surface area (Å²) in [4.78, 5) is 0. The molecular formula is C13H19NO3. The summed E-state index contributed by atoms with van der Waals surface area (Å²) >= 11 is 0. The summed E-state index contributed by atoms with van der Waals surface area (Å²) in [6.07, 6.45) is 1.02. The molecule has 0 saturated carbocycles. The first-order valence-electron chi connectivity index (χ1n) is 5.90. The van der Waals surface area contributed by atoms with Gasteiger partial charge in [0.25, 0.3) is 0 Å². The van der Waals surface area contributed by atoms with Crippen molar-refractivity contribution in [1.82, 2.24) is 0 Å². The molecular weight excluding hydrogens is 218 g/mol. The molecule has 2 rings (SSSR count). The van der Waals surface area contributed by atoms with Gasteiger partial charge in [-0.25, -0.2) is 0 Å². The molecule has 1 aliphatic heterocycles. The van der Waals surface area contributed by atoms with Crippen molar-refractivity contribution in [3.8, 4) is 5.75 Å². The van der Waals surface area contributed by atoms with Crippen LogP contribution in [0.15, 0.2) is 24.3 Å². The summed E-state index contributed by atoms with van der Waals surface area (Å²) in [5.41, 5.74) is 6.82. The molecule has 2 atom stereocenters. The van der Waals surface area contributed by atoms with E-state index in [4.69, 9.17) is 19.9 Å². The molecule has 1 aromatic carbocycles. The maximum atomic E-state index is 5.94. The van der Waals surface area contributed by atoms with Crippen molar-refractivity contribution in [2.45, 2.75) is 18.6 Å². The summed E-state index contributed by atoms with van der Waals surface area (Å²) < 4.78 is 16.4. The highest BCUT2D eigenvalue weighted by atomic mass is 16.6. The SMILES string of the molecule is COc1cccc(C(CN)OC2CCOC2)c1. The van der Waals surface area contributed by atoms with Gasteiger partial charge in [0.2, 0.25) is 0 Å². The Kier molecular flexibility index (Phi) is 4.36. The van der Waals surface area contributed by atoms with Gasteiger partial charge in [-0.1, -0.05) is 12.1 Å². The van der Waals surface area contributed by atoms with Crippen molar-refractivity contribution in [1.29, 1.82) is 0 Å². The molecule has 1 heterocycles. The topological polar surface area (TPSA) is 53.7 Å². The maximum absolute atomic E-state index is 5.94. The third-order valence-corrected chi connectivity index (χ3v) is 2.92. The molecule has 0 spiro atoms. The number of methoxy groups -OCH3 is 1. The van der Waals surface area contributed by atoms with E-state index in [2.05, 4.69) is 0 Å². The fourth-order valence-electron chi connectivity index (χ4n) is 1.96. The first-order valence-corrected chi connectivity index (χ1v) is 5.90. The van der Waals surface area contributed by atoms with E-state index < -0.39 is 0 Å². The fraction of sp³-hybridized carbons (Fsp3) is 0.538. The molecule has 4 nitrogen and oxygen atoms in total. The van der Waals surface area contributed by atoms with Crippen LogP contribution in [0.5, 0.6) is 5.75 Å². The Morgan fingerprint density at radius 3 is 3.06 bits per heavy atom. The van der Waals surface area contributed by atoms with E-state index in [0.717, 1.165) is 24.3 Å². The van der Waals surface area contributed by atoms with Gasteiger partial charge in [-0.05, 0) is 24.1 Å². The van der Waals surface area contributed by atoms with Gasteiger partial charge in [0.15, 0.2) is 0 Å². The maximum Gasteiger partial charge on any atom is 0.119 e. The predicted octanol–water partition coefficient (Wildman–Crippen LogP) is 1.50. The monoisotopic (exact) mass is 237 g/mol. The third kappa shape index (κ3) is 3.19. The molecule has 2 unspecified atom stereocenters. The minimum Gasteiger partial charge on any atom is -0.497 e. The van der Waals surface area contributed by atoms with Gasteiger partial charge in [0.05, 0.1) is 25.9 Å². The lowest BCUT2D eigenvalue weighted by molar-refractivity contribution is -0.0126. The van der Waals surface area contributed by atoms with E-state index in [1.54, 1.807) is 7.11 Å². The summed E-state index contributed by atoms with van der Waals surface area (Å²) in [6, 6.07) is 7.84. The average molecular weight is 237 g/mol. The zero-order valence-electron chi connectivity index (χ0n) is 10.1. The first kappa shape index (κ1) is 12.4. The van der Waals surface area contributed by atoms with E-state index in [9.17, 15) is 0 Å². The first-order chi connectivity index (χ1) is 8.33. The van der Waals surface area contributed by atoms with Crippen molar-refractivity contribution in [2.24, 2.45) is 5.73 Å². The van der Waals surface area contributed by atoms with Crippen molar-refractivity contribution in [3.63, 3.8) is 0 Å². The second-order valence-corrected chi connectivity index (χ2v) is 4.12. The van der Waals surface area contributed by atoms with Crippen LogP contribution in [-0.4, -0.2) is 33.0 Å².